The van der Waals surface area contributed by atoms with E-state index in [4.69, 9.17) is 0 Å². The van der Waals surface area contributed by atoms with Gasteiger partial charge in [0.2, 0.25) is 0 Å². The Morgan fingerprint density at radius 3 is 1.08 bits per heavy atom. The van der Waals surface area contributed by atoms with Crippen molar-refractivity contribution in [2.75, 3.05) is 10.2 Å². The summed E-state index contributed by atoms with van der Waals surface area (Å²) < 4.78 is 6.36. The van der Waals surface area contributed by atoms with Crippen LogP contribution in [0.1, 0.15) is 44.5 Å². The van der Waals surface area contributed by atoms with E-state index >= 15 is 0 Å². The predicted molar refractivity (Wildman–Crippen MR) is 562 cm³/mol. The summed E-state index contributed by atoms with van der Waals surface area (Å²) in [6.07, 6.45) is 0. The van der Waals surface area contributed by atoms with Crippen LogP contribution in [0.2, 0.25) is 0 Å². The quantitative estimate of drug-likeness (QED) is 0.155. The lowest BCUT2D eigenvalue weighted by atomic mass is 9.61. The van der Waals surface area contributed by atoms with Gasteiger partial charge in [-0.3, -0.25) is 0 Å². The zero-order chi connectivity index (χ0) is 86.4. The van der Waals surface area contributed by atoms with Gasteiger partial charge in [0.1, 0.15) is 0 Å². The van der Waals surface area contributed by atoms with Crippen LogP contribution in [0.25, 0.3) is 172 Å². The normalized spacial score (nSPS) is 12.9. The van der Waals surface area contributed by atoms with Crippen molar-refractivity contribution < 1.29 is 0 Å². The average Bonchev–Trinajstić information content (AvgIpc) is 1.55. The summed E-state index contributed by atoms with van der Waals surface area (Å²) in [4.78, 5) is 2.42. The third-order valence-electron chi connectivity index (χ3n) is 28.1. The van der Waals surface area contributed by atoms with Crippen LogP contribution >= 0.6 is 38.6 Å². The Hall–Kier alpha value is -15.6. The molecule has 2 aromatic heterocycles. The minimum Gasteiger partial charge on any atom is -0.355 e. The Bertz CT molecular complexity index is 8700. The van der Waals surface area contributed by atoms with E-state index in [-0.39, 0.29) is 5.41 Å². The van der Waals surface area contributed by atoms with Gasteiger partial charge in [-0.15, -0.1) is 22.7 Å². The summed E-state index contributed by atoms with van der Waals surface area (Å²) in [7, 11) is 0. The van der Waals surface area contributed by atoms with Crippen molar-refractivity contribution in [3.63, 3.8) is 0 Å². The van der Waals surface area contributed by atoms with Crippen LogP contribution in [0.3, 0.4) is 0 Å². The number of hydrogen-bond donors (Lipinski definition) is 1. The number of rotatable bonds is 9. The molecule has 131 heavy (non-hydrogen) atoms. The monoisotopic (exact) mass is 1760 g/mol. The number of nitrogens with one attached hydrogen (secondary N) is 1. The third-order valence-corrected chi connectivity index (χ3v) is 30.8. The van der Waals surface area contributed by atoms with Gasteiger partial charge < -0.3 is 10.2 Å². The average molecular weight is 1770 g/mol. The Morgan fingerprint density at radius 2 is 0.550 bits per heavy atom. The number of anilines is 5. The molecule has 22 aromatic carbocycles. The Morgan fingerprint density at radius 1 is 0.206 bits per heavy atom. The van der Waals surface area contributed by atoms with Crippen molar-refractivity contribution >= 4 is 150 Å². The molecule has 0 aliphatic heterocycles. The summed E-state index contributed by atoms with van der Waals surface area (Å²) in [6, 6.07) is 175. The van der Waals surface area contributed by atoms with E-state index in [0.717, 1.165) is 32.9 Å². The Labute approximate surface area is 776 Å². The minimum absolute atomic E-state index is 0.367. The van der Waals surface area contributed by atoms with Gasteiger partial charge in [0, 0.05) is 78.3 Å². The topological polar surface area (TPSA) is 15.3 Å². The molecule has 2 nitrogen and oxygen atoms in total. The molecule has 0 amide bonds. The largest absolute Gasteiger partial charge is 0.355 e. The Kier molecular flexibility index (Phi) is 18.0. The lowest BCUT2D eigenvalue weighted by molar-refractivity contribution is 0.773. The number of nitrogens with zero attached hydrogens (tertiary/aromatic N) is 1. The van der Waals surface area contributed by atoms with Crippen LogP contribution in [-0.2, 0) is 10.8 Å². The van der Waals surface area contributed by atoms with Crippen LogP contribution in [-0.4, -0.2) is 0 Å². The molecular formula is C126H79BrN2S2. The summed E-state index contributed by atoms with van der Waals surface area (Å²) in [5.41, 5.74) is 36.1. The van der Waals surface area contributed by atoms with E-state index in [1.165, 1.54) is 217 Å². The van der Waals surface area contributed by atoms with E-state index in [1.54, 1.807) is 0 Å². The summed E-state index contributed by atoms with van der Waals surface area (Å²) in [5.74, 6) is 0. The van der Waals surface area contributed by atoms with Gasteiger partial charge >= 0.3 is 0 Å². The minimum atomic E-state index is -0.415. The molecule has 0 bridgehead atoms. The molecule has 4 aliphatic rings. The molecule has 0 radical (unpaired) electrons. The maximum Gasteiger partial charge on any atom is 0.0725 e. The number of benzene rings is 22. The molecule has 24 aromatic rings. The molecule has 5 heteroatoms. The standard InChI is InChI=1S/C63H39NS.C41H25Br.C22H15NS/c1-2-19-48-41(13-1)14-12-27-59(48)64(47-34-35-52-51-22-5-8-28-60(51)65-61(52)39-47)46-32-29-40(30-33-46)43-17-9-18-44(37-43)45-31-36-57-54(38-45)53-23-10-15-42-16-11-26-58(62(42)53)63(57)55-24-6-3-20-49(55)50-21-4-7-25-56(50)63;42-31-21-18-26(19-22-31)28-10-5-11-29(24-28)30-20-23-38-35(25-30)34-14-6-8-27-9-7-17-39(40(27)34)41(38)36-15-3-1-12-32(36)33-13-2-4-16-37(33)41;1-2-8-17-15(6-1)7-5-10-20(17)23-16-12-13-19-18-9-3-4-11-21(18)24-22(19)14-16/h1-39H;1-25H;1-14,23H. The molecule has 1 N–H and O–H groups in total. The summed E-state index contributed by atoms with van der Waals surface area (Å²) >= 11 is 7.29. The van der Waals surface area contributed by atoms with Gasteiger partial charge in [-0.2, -0.15) is 0 Å². The van der Waals surface area contributed by atoms with Crippen LogP contribution in [0, 0.1) is 0 Å². The molecule has 0 fully saturated rings. The number of thiophene rings is 2. The fourth-order valence-electron chi connectivity index (χ4n) is 22.4. The number of fused-ring (bicyclic) bond motifs is 26. The molecule has 4 aliphatic carbocycles. The molecular weight excluding hydrogens is 1690 g/mol. The van der Waals surface area contributed by atoms with Crippen LogP contribution in [0.4, 0.5) is 28.4 Å². The first-order chi connectivity index (χ1) is 64.8. The van der Waals surface area contributed by atoms with Gasteiger partial charge in [-0.1, -0.05) is 392 Å². The maximum absolute atomic E-state index is 3.59. The van der Waals surface area contributed by atoms with Gasteiger partial charge in [0.25, 0.3) is 0 Å². The molecule has 0 atom stereocenters. The van der Waals surface area contributed by atoms with Gasteiger partial charge in [0.05, 0.1) is 16.5 Å². The molecule has 0 unspecified atom stereocenters. The second kappa shape index (κ2) is 30.8. The second-order valence-corrected chi connectivity index (χ2v) is 38.0. The molecule has 2 heterocycles. The van der Waals surface area contributed by atoms with Gasteiger partial charge in [0.15, 0.2) is 0 Å². The fourth-order valence-corrected chi connectivity index (χ4v) is 25.0. The lowest BCUT2D eigenvalue weighted by Gasteiger charge is -2.40. The highest BCUT2D eigenvalue weighted by atomic mass is 79.9. The van der Waals surface area contributed by atoms with Gasteiger partial charge in [-0.05, 0) is 263 Å². The summed E-state index contributed by atoms with van der Waals surface area (Å²) in [5, 5.41) is 19.1. The highest BCUT2D eigenvalue weighted by Crippen LogP contribution is 2.65. The number of hydrogen-bond acceptors (Lipinski definition) is 4. The fraction of sp³-hybridized carbons (Fsp3) is 0.0159. The van der Waals surface area contributed by atoms with E-state index in [0.29, 0.717) is 0 Å². The first kappa shape index (κ1) is 76.6. The second-order valence-electron chi connectivity index (χ2n) is 34.9. The molecule has 612 valence electrons. The van der Waals surface area contributed by atoms with Crippen molar-refractivity contribution in [1.29, 1.82) is 0 Å². The zero-order valence-electron chi connectivity index (χ0n) is 71.2. The van der Waals surface area contributed by atoms with Crippen molar-refractivity contribution in [2.45, 2.75) is 10.8 Å². The van der Waals surface area contributed by atoms with Crippen molar-refractivity contribution in [1.82, 2.24) is 0 Å². The van der Waals surface area contributed by atoms with Crippen molar-refractivity contribution in [2.24, 2.45) is 0 Å². The van der Waals surface area contributed by atoms with Crippen LogP contribution < -0.4 is 10.2 Å². The SMILES string of the molecule is Brc1ccc(-c2cccc(-c3ccc4c(c3)-c3cccc5cccc(c35)C43c4ccccc4-c4ccccc43)c2)cc1.c1cc(-c2ccc(N(c3ccc4c(c3)sc3ccccc34)c3cccc4ccccc34)cc2)cc(-c2ccc3c(c2)-c2cccc4cccc(c24)C32c3ccccc3-c3ccccc32)c1.c1ccc2c(Nc3ccc4c(c3)sc3ccccc34)cccc2c1. The molecule has 0 saturated carbocycles. The molecule has 0 saturated heterocycles. The highest BCUT2D eigenvalue weighted by molar-refractivity contribution is 9.10. The van der Waals surface area contributed by atoms with E-state index in [1.807, 2.05) is 22.7 Å². The van der Waals surface area contributed by atoms with Crippen LogP contribution in [0.5, 0.6) is 0 Å². The van der Waals surface area contributed by atoms with Crippen LogP contribution in [0.15, 0.2) is 478 Å². The van der Waals surface area contributed by atoms with E-state index < -0.39 is 5.41 Å². The van der Waals surface area contributed by atoms with Crippen molar-refractivity contribution in [3.05, 3.63) is 522 Å². The van der Waals surface area contributed by atoms with E-state index in [2.05, 4.69) is 499 Å². The van der Waals surface area contributed by atoms with E-state index in [9.17, 15) is 0 Å². The Balaban J connectivity index is 0.000000116. The number of halogens is 1. The van der Waals surface area contributed by atoms with Gasteiger partial charge in [-0.25, -0.2) is 0 Å². The molecule has 28 rings (SSSR count). The first-order valence-electron chi connectivity index (χ1n) is 45.0. The zero-order valence-corrected chi connectivity index (χ0v) is 74.4. The smallest absolute Gasteiger partial charge is 0.0725 e. The highest BCUT2D eigenvalue weighted by Gasteiger charge is 2.52. The summed E-state index contributed by atoms with van der Waals surface area (Å²) in [6.45, 7) is 0. The van der Waals surface area contributed by atoms with Crippen molar-refractivity contribution in [3.8, 4) is 89.0 Å². The first-order valence-corrected chi connectivity index (χ1v) is 47.4. The molecule has 2 spiro atoms. The third kappa shape index (κ3) is 12.2. The lowest BCUT2D eigenvalue weighted by Crippen LogP contribution is -2.31. The maximum atomic E-state index is 3.59. The predicted octanol–water partition coefficient (Wildman–Crippen LogP) is 35.7.